The van der Waals surface area contributed by atoms with Gasteiger partial charge in [0.15, 0.2) is 5.96 Å². The number of carbonyl (C=O) groups excluding carboxylic acids is 1. The minimum Gasteiger partial charge on any atom is -0.354 e. The van der Waals surface area contributed by atoms with E-state index in [1.165, 1.54) is 31.7 Å². The molecule has 0 aromatic heterocycles. The van der Waals surface area contributed by atoms with Gasteiger partial charge < -0.3 is 15.5 Å². The minimum atomic E-state index is -0.355. The molecule has 0 radical (unpaired) electrons. The molecule has 7 heteroatoms. The molecule has 27 heavy (non-hydrogen) atoms. The molecule has 2 aliphatic rings. The molecule has 0 bridgehead atoms. The predicted octanol–water partition coefficient (Wildman–Crippen LogP) is 3.18. The van der Waals surface area contributed by atoms with Crippen molar-refractivity contribution in [2.45, 2.75) is 32.6 Å². The number of benzene rings is 1. The van der Waals surface area contributed by atoms with E-state index in [4.69, 9.17) is 0 Å². The quantitative estimate of drug-likeness (QED) is 0.296. The highest BCUT2D eigenvalue weighted by Crippen LogP contribution is 2.35. The maximum atomic E-state index is 13.6. The fraction of sp³-hybridized carbons (Fsp3) is 0.600. The number of nitrogens with zero attached hydrogens (tertiary/aromatic N) is 2. The molecule has 0 spiro atoms. The first-order chi connectivity index (χ1) is 12.6. The van der Waals surface area contributed by atoms with Gasteiger partial charge in [-0.2, -0.15) is 0 Å². The Kier molecular flexibility index (Phi) is 8.31. The zero-order valence-corrected chi connectivity index (χ0v) is 18.5. The molecule has 3 rings (SSSR count). The smallest absolute Gasteiger partial charge is 0.251 e. The van der Waals surface area contributed by atoms with Crippen LogP contribution < -0.4 is 10.6 Å². The standard InChI is InChI=1S/C20H29FN4O.HI/c1-14-7-8-15(11-18(14)21)19(26)23-9-10-24-20(22-2)25-12-16-5-3-4-6-17(16)13-25;/h7-8,11,16-17H,3-6,9-10,12-13H2,1-2H3,(H,22,24)(H,23,26);1H. The number of carbonyl (C=O) groups is 1. The highest BCUT2D eigenvalue weighted by molar-refractivity contribution is 14.0. The van der Waals surface area contributed by atoms with Gasteiger partial charge in [-0.1, -0.05) is 18.9 Å². The van der Waals surface area contributed by atoms with Crippen molar-refractivity contribution in [3.8, 4) is 0 Å². The fourth-order valence-corrected chi connectivity index (χ4v) is 4.10. The molecule has 5 nitrogen and oxygen atoms in total. The summed E-state index contributed by atoms with van der Waals surface area (Å²) in [6.45, 7) is 4.91. The molecule has 1 heterocycles. The van der Waals surface area contributed by atoms with Crippen LogP contribution in [0.15, 0.2) is 23.2 Å². The van der Waals surface area contributed by atoms with Crippen molar-refractivity contribution >= 4 is 35.8 Å². The summed E-state index contributed by atoms with van der Waals surface area (Å²) in [4.78, 5) is 18.8. The lowest BCUT2D eigenvalue weighted by atomic mass is 9.82. The third-order valence-electron chi connectivity index (χ3n) is 5.62. The first-order valence-corrected chi connectivity index (χ1v) is 9.58. The number of aryl methyl sites for hydroxylation is 1. The third-order valence-corrected chi connectivity index (χ3v) is 5.62. The monoisotopic (exact) mass is 488 g/mol. The van der Waals surface area contributed by atoms with Crippen molar-refractivity contribution in [3.05, 3.63) is 35.1 Å². The second-order valence-electron chi connectivity index (χ2n) is 7.40. The lowest BCUT2D eigenvalue weighted by molar-refractivity contribution is 0.0954. The van der Waals surface area contributed by atoms with Crippen molar-refractivity contribution in [1.29, 1.82) is 0 Å². The van der Waals surface area contributed by atoms with Crippen molar-refractivity contribution in [1.82, 2.24) is 15.5 Å². The molecule has 2 N–H and O–H groups in total. The summed E-state index contributed by atoms with van der Waals surface area (Å²) in [5, 5.41) is 6.16. The van der Waals surface area contributed by atoms with Crippen molar-refractivity contribution < 1.29 is 9.18 Å². The summed E-state index contributed by atoms with van der Waals surface area (Å²) in [6.07, 6.45) is 5.38. The lowest BCUT2D eigenvalue weighted by Crippen LogP contribution is -2.43. The van der Waals surface area contributed by atoms with Gasteiger partial charge in [-0.15, -0.1) is 24.0 Å². The normalized spacial score (nSPS) is 22.0. The number of aliphatic imine (C=N–C) groups is 1. The van der Waals surface area contributed by atoms with E-state index in [9.17, 15) is 9.18 Å². The Labute approximate surface area is 178 Å². The average molecular weight is 488 g/mol. The highest BCUT2D eigenvalue weighted by Gasteiger charge is 2.35. The van der Waals surface area contributed by atoms with Crippen LogP contribution in [-0.2, 0) is 0 Å². The minimum absolute atomic E-state index is 0. The number of rotatable bonds is 4. The number of amides is 1. The van der Waals surface area contributed by atoms with E-state index in [0.717, 1.165) is 30.9 Å². The van der Waals surface area contributed by atoms with Gasteiger partial charge in [-0.25, -0.2) is 4.39 Å². The molecule has 1 saturated carbocycles. The Bertz CT molecular complexity index is 668. The van der Waals surface area contributed by atoms with Gasteiger partial charge in [0.05, 0.1) is 0 Å². The second-order valence-corrected chi connectivity index (χ2v) is 7.40. The van der Waals surface area contributed by atoms with Crippen LogP contribution in [0, 0.1) is 24.6 Å². The number of halogens is 2. The molecule has 2 atom stereocenters. The van der Waals surface area contributed by atoms with Gasteiger partial charge in [0.25, 0.3) is 5.91 Å². The van der Waals surface area contributed by atoms with Gasteiger partial charge in [0.1, 0.15) is 5.82 Å². The van der Waals surface area contributed by atoms with Gasteiger partial charge in [0, 0.05) is 38.8 Å². The van der Waals surface area contributed by atoms with E-state index in [1.807, 2.05) is 0 Å². The Morgan fingerprint density at radius 1 is 1.19 bits per heavy atom. The largest absolute Gasteiger partial charge is 0.354 e. The number of likely N-dealkylation sites (tertiary alicyclic amines) is 1. The summed E-state index contributed by atoms with van der Waals surface area (Å²) >= 11 is 0. The number of hydrogen-bond donors (Lipinski definition) is 2. The number of hydrogen-bond acceptors (Lipinski definition) is 2. The van der Waals surface area contributed by atoms with Crippen LogP contribution in [0.3, 0.4) is 0 Å². The topological polar surface area (TPSA) is 56.7 Å². The second kappa shape index (κ2) is 10.2. The predicted molar refractivity (Wildman–Crippen MR) is 117 cm³/mol. The Morgan fingerprint density at radius 2 is 1.81 bits per heavy atom. The SMILES string of the molecule is CN=C(NCCNC(=O)c1ccc(C)c(F)c1)N1CC2CCCCC2C1.I. The first-order valence-electron chi connectivity index (χ1n) is 9.58. The van der Waals surface area contributed by atoms with Crippen molar-refractivity contribution in [2.24, 2.45) is 16.8 Å². The van der Waals surface area contributed by atoms with E-state index in [0.29, 0.717) is 24.2 Å². The van der Waals surface area contributed by atoms with Gasteiger partial charge in [-0.3, -0.25) is 9.79 Å². The number of nitrogens with one attached hydrogen (secondary N) is 2. The van der Waals surface area contributed by atoms with Gasteiger partial charge in [0.2, 0.25) is 0 Å². The molecular weight excluding hydrogens is 458 g/mol. The maximum Gasteiger partial charge on any atom is 0.251 e. The summed E-state index contributed by atoms with van der Waals surface area (Å²) in [6, 6.07) is 4.55. The van der Waals surface area contributed by atoms with Crippen LogP contribution in [-0.4, -0.2) is 50.0 Å². The molecule has 1 aliphatic carbocycles. The molecule has 2 fully saturated rings. The lowest BCUT2D eigenvalue weighted by Gasteiger charge is -2.22. The van der Waals surface area contributed by atoms with Gasteiger partial charge in [-0.05, 0) is 49.3 Å². The molecule has 1 aromatic rings. The summed E-state index contributed by atoms with van der Waals surface area (Å²) in [7, 11) is 1.80. The van der Waals surface area contributed by atoms with E-state index in [2.05, 4.69) is 20.5 Å². The number of fused-ring (bicyclic) bond motifs is 1. The van der Waals surface area contributed by atoms with Crippen molar-refractivity contribution in [2.75, 3.05) is 33.2 Å². The van der Waals surface area contributed by atoms with E-state index in [1.54, 1.807) is 26.1 Å². The van der Waals surface area contributed by atoms with Crippen LogP contribution in [0.2, 0.25) is 0 Å². The highest BCUT2D eigenvalue weighted by atomic mass is 127. The third kappa shape index (κ3) is 5.56. The van der Waals surface area contributed by atoms with E-state index in [-0.39, 0.29) is 35.7 Å². The summed E-state index contributed by atoms with van der Waals surface area (Å²) < 4.78 is 13.6. The molecule has 150 valence electrons. The number of guanidine groups is 1. The van der Waals surface area contributed by atoms with E-state index < -0.39 is 0 Å². The average Bonchev–Trinajstić information content (AvgIpc) is 3.07. The van der Waals surface area contributed by atoms with Crippen LogP contribution in [0.4, 0.5) is 4.39 Å². The first kappa shape index (κ1) is 21.9. The zero-order valence-electron chi connectivity index (χ0n) is 16.1. The van der Waals surface area contributed by atoms with Crippen LogP contribution in [0.1, 0.15) is 41.6 Å². The molecular formula is C20H30FIN4O. The molecule has 1 aromatic carbocycles. The van der Waals surface area contributed by atoms with E-state index >= 15 is 0 Å². The molecule has 2 unspecified atom stereocenters. The summed E-state index contributed by atoms with van der Waals surface area (Å²) in [5.41, 5.74) is 0.888. The Morgan fingerprint density at radius 3 is 2.41 bits per heavy atom. The summed E-state index contributed by atoms with van der Waals surface area (Å²) in [5.74, 6) is 1.91. The van der Waals surface area contributed by atoms with Crippen LogP contribution >= 0.6 is 24.0 Å². The molecule has 1 saturated heterocycles. The van der Waals surface area contributed by atoms with Crippen molar-refractivity contribution in [3.63, 3.8) is 0 Å². The van der Waals surface area contributed by atoms with Crippen LogP contribution in [0.5, 0.6) is 0 Å². The molecule has 1 amide bonds. The fourth-order valence-electron chi connectivity index (χ4n) is 4.10. The van der Waals surface area contributed by atoms with Gasteiger partial charge >= 0.3 is 0 Å². The Balaban J connectivity index is 0.00000261. The van der Waals surface area contributed by atoms with Crippen LogP contribution in [0.25, 0.3) is 0 Å². The molecule has 1 aliphatic heterocycles. The zero-order chi connectivity index (χ0) is 18.5. The Hall–Kier alpha value is -1.38. The maximum absolute atomic E-state index is 13.6.